The normalized spacial score (nSPS) is 9.00. The number of benzene rings is 1. The highest BCUT2D eigenvalue weighted by Crippen LogP contribution is 2.30. The van der Waals surface area contributed by atoms with Gasteiger partial charge in [-0.25, -0.2) is 0 Å². The van der Waals surface area contributed by atoms with Gasteiger partial charge in [0, 0.05) is 11.1 Å². The summed E-state index contributed by atoms with van der Waals surface area (Å²) >= 11 is 5.96. The van der Waals surface area contributed by atoms with Gasteiger partial charge in [0.15, 0.2) is 0 Å². The van der Waals surface area contributed by atoms with Gasteiger partial charge in [-0.15, -0.1) is 0 Å². The van der Waals surface area contributed by atoms with Crippen molar-refractivity contribution in [2.45, 2.75) is 20.8 Å². The largest absolute Gasteiger partial charge is 0.495 e. The predicted molar refractivity (Wildman–Crippen MR) is 74.6 cm³/mol. The quantitative estimate of drug-likeness (QED) is 0.856. The standard InChI is InChI=1S/C11H14ClNO3.C2H6/c1-7-4-9(13-6-11(14)16-3)10(15-2)5-8(7)12;1-2/h4-5,13H,6H2,1-3H3;1-2H3. The Hall–Kier alpha value is -1.42. The Bertz CT molecular complexity index is 394. The SMILES string of the molecule is CC.COC(=O)CNc1cc(C)c(Cl)cc1OC. The van der Waals surface area contributed by atoms with Crippen LogP contribution in [0, 0.1) is 6.92 Å². The van der Waals surface area contributed by atoms with Crippen LogP contribution in [0.4, 0.5) is 5.69 Å². The molecular formula is C13H20ClNO3. The summed E-state index contributed by atoms with van der Waals surface area (Å²) in [4.78, 5) is 11.0. The number of esters is 1. The molecule has 0 aliphatic rings. The monoisotopic (exact) mass is 273 g/mol. The van der Waals surface area contributed by atoms with E-state index >= 15 is 0 Å². The summed E-state index contributed by atoms with van der Waals surface area (Å²) in [6, 6.07) is 3.53. The molecule has 0 aromatic heterocycles. The van der Waals surface area contributed by atoms with Crippen LogP contribution < -0.4 is 10.1 Å². The van der Waals surface area contributed by atoms with Crippen LogP contribution in [0.15, 0.2) is 12.1 Å². The summed E-state index contributed by atoms with van der Waals surface area (Å²) in [5.41, 5.74) is 1.63. The lowest BCUT2D eigenvalue weighted by atomic mass is 10.2. The first-order valence-electron chi connectivity index (χ1n) is 5.73. The van der Waals surface area contributed by atoms with Gasteiger partial charge in [-0.05, 0) is 18.6 Å². The summed E-state index contributed by atoms with van der Waals surface area (Å²) in [7, 11) is 2.89. The number of nitrogens with one attached hydrogen (secondary N) is 1. The van der Waals surface area contributed by atoms with Crippen molar-refractivity contribution in [3.63, 3.8) is 0 Å². The third-order valence-corrected chi connectivity index (χ3v) is 2.54. The van der Waals surface area contributed by atoms with E-state index in [0.717, 1.165) is 11.3 Å². The molecule has 4 nitrogen and oxygen atoms in total. The Labute approximate surface area is 113 Å². The molecule has 0 amide bonds. The fourth-order valence-corrected chi connectivity index (χ4v) is 1.36. The third-order valence-electron chi connectivity index (χ3n) is 2.13. The molecule has 0 atom stereocenters. The number of hydrogen-bond donors (Lipinski definition) is 1. The van der Waals surface area contributed by atoms with Crippen LogP contribution >= 0.6 is 11.6 Å². The fourth-order valence-electron chi connectivity index (χ4n) is 1.21. The van der Waals surface area contributed by atoms with Crippen LogP contribution in [-0.2, 0) is 9.53 Å². The molecule has 0 saturated carbocycles. The molecule has 1 N–H and O–H groups in total. The minimum Gasteiger partial charge on any atom is -0.495 e. The molecule has 0 radical (unpaired) electrons. The van der Waals surface area contributed by atoms with Crippen molar-refractivity contribution in [1.82, 2.24) is 0 Å². The van der Waals surface area contributed by atoms with Gasteiger partial charge in [-0.2, -0.15) is 0 Å². The van der Waals surface area contributed by atoms with Crippen molar-refractivity contribution in [3.8, 4) is 5.75 Å². The molecule has 1 aromatic carbocycles. The van der Waals surface area contributed by atoms with E-state index in [1.807, 2.05) is 26.8 Å². The molecule has 0 aliphatic heterocycles. The van der Waals surface area contributed by atoms with E-state index in [0.29, 0.717) is 10.8 Å². The smallest absolute Gasteiger partial charge is 0.325 e. The number of ether oxygens (including phenoxy) is 2. The Morgan fingerprint density at radius 2 is 1.94 bits per heavy atom. The van der Waals surface area contributed by atoms with E-state index in [4.69, 9.17) is 16.3 Å². The molecule has 0 heterocycles. The molecule has 0 saturated heterocycles. The zero-order valence-corrected chi connectivity index (χ0v) is 12.2. The van der Waals surface area contributed by atoms with Gasteiger partial charge in [-0.1, -0.05) is 25.4 Å². The summed E-state index contributed by atoms with van der Waals surface area (Å²) < 4.78 is 9.68. The molecule has 18 heavy (non-hydrogen) atoms. The number of aryl methyl sites for hydroxylation is 1. The molecule has 5 heteroatoms. The molecule has 0 fully saturated rings. The lowest BCUT2D eigenvalue weighted by Crippen LogP contribution is -2.15. The minimum absolute atomic E-state index is 0.0912. The van der Waals surface area contributed by atoms with Gasteiger partial charge in [-0.3, -0.25) is 4.79 Å². The number of hydrogen-bond acceptors (Lipinski definition) is 4. The second-order valence-electron chi connectivity index (χ2n) is 3.23. The summed E-state index contributed by atoms with van der Waals surface area (Å²) in [6.45, 7) is 5.97. The maximum absolute atomic E-state index is 11.0. The lowest BCUT2D eigenvalue weighted by molar-refractivity contribution is -0.138. The Morgan fingerprint density at radius 3 is 2.44 bits per heavy atom. The molecular weight excluding hydrogens is 254 g/mol. The highest BCUT2D eigenvalue weighted by atomic mass is 35.5. The van der Waals surface area contributed by atoms with E-state index in [1.165, 1.54) is 7.11 Å². The van der Waals surface area contributed by atoms with Gasteiger partial charge in [0.1, 0.15) is 12.3 Å². The Kier molecular flexibility index (Phi) is 7.96. The number of carbonyl (C=O) groups is 1. The molecule has 1 aromatic rings. The maximum atomic E-state index is 11.0. The lowest BCUT2D eigenvalue weighted by Gasteiger charge is -2.12. The minimum atomic E-state index is -0.338. The Balaban J connectivity index is 0.00000137. The predicted octanol–water partition coefficient (Wildman–Crippen LogP) is 3.27. The van der Waals surface area contributed by atoms with E-state index in [9.17, 15) is 4.79 Å². The van der Waals surface area contributed by atoms with Crippen molar-refractivity contribution in [3.05, 3.63) is 22.7 Å². The van der Waals surface area contributed by atoms with Gasteiger partial charge >= 0.3 is 5.97 Å². The molecule has 1 rings (SSSR count). The van der Waals surface area contributed by atoms with E-state index in [1.54, 1.807) is 13.2 Å². The van der Waals surface area contributed by atoms with Gasteiger partial charge in [0.25, 0.3) is 0 Å². The van der Waals surface area contributed by atoms with Crippen LogP contribution in [0.1, 0.15) is 19.4 Å². The van der Waals surface area contributed by atoms with Gasteiger partial charge < -0.3 is 14.8 Å². The molecule has 0 spiro atoms. The van der Waals surface area contributed by atoms with E-state index in [-0.39, 0.29) is 12.5 Å². The van der Waals surface area contributed by atoms with Crippen molar-refractivity contribution in [2.24, 2.45) is 0 Å². The van der Waals surface area contributed by atoms with Crippen LogP contribution in [-0.4, -0.2) is 26.7 Å². The maximum Gasteiger partial charge on any atom is 0.325 e. The van der Waals surface area contributed by atoms with Crippen molar-refractivity contribution >= 4 is 23.3 Å². The highest BCUT2D eigenvalue weighted by Gasteiger charge is 2.08. The number of halogens is 1. The fraction of sp³-hybridized carbons (Fsp3) is 0.462. The zero-order chi connectivity index (χ0) is 14.1. The average molecular weight is 274 g/mol. The van der Waals surface area contributed by atoms with Gasteiger partial charge in [0.05, 0.1) is 19.9 Å². The number of methoxy groups -OCH3 is 2. The van der Waals surface area contributed by atoms with Crippen LogP contribution in [0.5, 0.6) is 5.75 Å². The first kappa shape index (κ1) is 16.6. The van der Waals surface area contributed by atoms with Crippen LogP contribution in [0.2, 0.25) is 5.02 Å². The Morgan fingerprint density at radius 1 is 1.33 bits per heavy atom. The van der Waals surface area contributed by atoms with Crippen LogP contribution in [0.3, 0.4) is 0 Å². The number of carbonyl (C=O) groups excluding carboxylic acids is 1. The third kappa shape index (κ3) is 4.84. The zero-order valence-electron chi connectivity index (χ0n) is 11.5. The number of rotatable bonds is 4. The molecule has 0 bridgehead atoms. The average Bonchev–Trinajstić information content (AvgIpc) is 2.41. The highest BCUT2D eigenvalue weighted by molar-refractivity contribution is 6.31. The first-order valence-corrected chi connectivity index (χ1v) is 6.11. The second-order valence-corrected chi connectivity index (χ2v) is 3.64. The second kappa shape index (κ2) is 8.64. The number of anilines is 1. The van der Waals surface area contributed by atoms with Crippen molar-refractivity contribution in [2.75, 3.05) is 26.1 Å². The van der Waals surface area contributed by atoms with Crippen molar-refractivity contribution < 1.29 is 14.3 Å². The summed E-state index contributed by atoms with van der Waals surface area (Å²) in [6.07, 6.45) is 0. The van der Waals surface area contributed by atoms with E-state index in [2.05, 4.69) is 10.1 Å². The molecule has 102 valence electrons. The van der Waals surface area contributed by atoms with Crippen LogP contribution in [0.25, 0.3) is 0 Å². The summed E-state index contributed by atoms with van der Waals surface area (Å²) in [5, 5.41) is 3.55. The summed E-state index contributed by atoms with van der Waals surface area (Å²) in [5.74, 6) is 0.258. The van der Waals surface area contributed by atoms with Gasteiger partial charge in [0.2, 0.25) is 0 Å². The molecule has 0 aliphatic carbocycles. The first-order chi connectivity index (χ1) is 8.58. The van der Waals surface area contributed by atoms with Crippen molar-refractivity contribution in [1.29, 1.82) is 0 Å². The van der Waals surface area contributed by atoms with E-state index < -0.39 is 0 Å². The topological polar surface area (TPSA) is 47.6 Å². The molecule has 0 unspecified atom stereocenters.